The molecule has 3 heterocycles. The Kier molecular flexibility index (Phi) is 4.52. The minimum atomic E-state index is -0.295. The quantitative estimate of drug-likeness (QED) is 0.670. The molecule has 0 aromatic carbocycles. The topological polar surface area (TPSA) is 57.0 Å². The summed E-state index contributed by atoms with van der Waals surface area (Å²) < 4.78 is 7.10. The molecule has 0 unspecified atom stereocenters. The van der Waals surface area contributed by atoms with Crippen molar-refractivity contribution >= 4 is 17.3 Å². The molecule has 0 amide bonds. The summed E-state index contributed by atoms with van der Waals surface area (Å²) in [6.07, 6.45) is 6.09. The van der Waals surface area contributed by atoms with Gasteiger partial charge in [-0.05, 0) is 36.9 Å². The van der Waals surface area contributed by atoms with Crippen molar-refractivity contribution < 1.29 is 9.53 Å². The molecule has 0 aliphatic rings. The molecule has 0 N–H and O–H groups in total. The first kappa shape index (κ1) is 15.4. The molecule has 0 aliphatic carbocycles. The third-order valence-corrected chi connectivity index (χ3v) is 4.38. The Morgan fingerprint density at radius 3 is 2.91 bits per heavy atom. The van der Waals surface area contributed by atoms with Crippen molar-refractivity contribution in [1.29, 1.82) is 0 Å². The maximum atomic E-state index is 12.1. The lowest BCUT2D eigenvalue weighted by atomic mass is 10.1. The van der Waals surface area contributed by atoms with Crippen LogP contribution in [-0.2, 0) is 11.2 Å². The van der Waals surface area contributed by atoms with Crippen LogP contribution >= 0.6 is 11.3 Å². The van der Waals surface area contributed by atoms with E-state index in [1.54, 1.807) is 25.6 Å². The predicted octanol–water partition coefficient (Wildman–Crippen LogP) is 3.73. The summed E-state index contributed by atoms with van der Waals surface area (Å²) in [5, 5.41) is 1.89. The predicted molar refractivity (Wildman–Crippen MR) is 90.0 cm³/mol. The van der Waals surface area contributed by atoms with Crippen molar-refractivity contribution in [3.05, 3.63) is 52.9 Å². The standard InChI is InChI=1S/C17H17N3O2S/c1-3-13-15(12-6-5-8-18-10-12)19-11-20(13)14-7-9-23-16(14)17(21)22-4-2/h5-11H,3-4H2,1-2H3. The van der Waals surface area contributed by atoms with Gasteiger partial charge in [-0.2, -0.15) is 0 Å². The zero-order valence-corrected chi connectivity index (χ0v) is 13.8. The molecule has 0 spiro atoms. The molecule has 0 radical (unpaired) electrons. The zero-order valence-electron chi connectivity index (χ0n) is 13.0. The van der Waals surface area contributed by atoms with E-state index in [0.29, 0.717) is 11.5 Å². The van der Waals surface area contributed by atoms with E-state index in [1.807, 2.05) is 28.1 Å². The van der Waals surface area contributed by atoms with Crippen LogP contribution in [0.15, 0.2) is 42.3 Å². The number of carbonyl (C=O) groups is 1. The molecule has 3 aromatic rings. The molecule has 0 atom stereocenters. The molecule has 0 saturated heterocycles. The number of nitrogens with zero attached hydrogens (tertiary/aromatic N) is 3. The highest BCUT2D eigenvalue weighted by Crippen LogP contribution is 2.28. The monoisotopic (exact) mass is 327 g/mol. The van der Waals surface area contributed by atoms with Gasteiger partial charge in [0.15, 0.2) is 0 Å². The van der Waals surface area contributed by atoms with Gasteiger partial charge in [-0.3, -0.25) is 4.98 Å². The number of hydrogen-bond acceptors (Lipinski definition) is 5. The second-order valence-electron chi connectivity index (χ2n) is 4.86. The fourth-order valence-corrected chi connectivity index (χ4v) is 3.28. The molecular weight excluding hydrogens is 310 g/mol. The number of ether oxygens (including phenoxy) is 1. The van der Waals surface area contributed by atoms with Gasteiger partial charge in [0.05, 0.1) is 23.7 Å². The number of aromatic nitrogens is 3. The van der Waals surface area contributed by atoms with Crippen LogP contribution in [0.3, 0.4) is 0 Å². The van der Waals surface area contributed by atoms with Crippen LogP contribution in [0.1, 0.15) is 29.2 Å². The van der Waals surface area contributed by atoms with Crippen molar-refractivity contribution in [3.8, 4) is 16.9 Å². The Morgan fingerprint density at radius 1 is 1.35 bits per heavy atom. The Balaban J connectivity index is 2.07. The van der Waals surface area contributed by atoms with Crippen molar-refractivity contribution in [3.63, 3.8) is 0 Å². The maximum absolute atomic E-state index is 12.1. The number of imidazole rings is 1. The van der Waals surface area contributed by atoms with Crippen LogP contribution in [0.25, 0.3) is 16.9 Å². The van der Waals surface area contributed by atoms with Gasteiger partial charge in [-0.1, -0.05) is 6.92 Å². The lowest BCUT2D eigenvalue weighted by Gasteiger charge is -2.09. The van der Waals surface area contributed by atoms with Crippen LogP contribution in [0, 0.1) is 0 Å². The summed E-state index contributed by atoms with van der Waals surface area (Å²) in [6.45, 7) is 4.24. The Hall–Kier alpha value is -2.47. The van der Waals surface area contributed by atoms with E-state index in [9.17, 15) is 4.79 Å². The molecular formula is C17H17N3O2S. The van der Waals surface area contributed by atoms with Gasteiger partial charge in [-0.25, -0.2) is 9.78 Å². The van der Waals surface area contributed by atoms with Crippen LogP contribution in [-0.4, -0.2) is 27.1 Å². The van der Waals surface area contributed by atoms with E-state index in [1.165, 1.54) is 11.3 Å². The van der Waals surface area contributed by atoms with Gasteiger partial charge >= 0.3 is 5.97 Å². The molecule has 0 bridgehead atoms. The Bertz CT molecular complexity index is 808. The van der Waals surface area contributed by atoms with Crippen LogP contribution < -0.4 is 0 Å². The molecule has 3 rings (SSSR count). The first-order valence-electron chi connectivity index (χ1n) is 7.47. The molecule has 0 aliphatic heterocycles. The Labute approximate surface area is 138 Å². The van der Waals surface area contributed by atoms with Crippen molar-refractivity contribution in [2.45, 2.75) is 20.3 Å². The highest BCUT2D eigenvalue weighted by Gasteiger charge is 2.19. The summed E-state index contributed by atoms with van der Waals surface area (Å²) in [4.78, 5) is 21.4. The van der Waals surface area contributed by atoms with Crippen molar-refractivity contribution in [2.75, 3.05) is 6.61 Å². The lowest BCUT2D eigenvalue weighted by Crippen LogP contribution is -2.07. The fourth-order valence-electron chi connectivity index (χ4n) is 2.50. The minimum Gasteiger partial charge on any atom is -0.462 e. The van der Waals surface area contributed by atoms with E-state index in [4.69, 9.17) is 4.74 Å². The second-order valence-corrected chi connectivity index (χ2v) is 5.78. The highest BCUT2D eigenvalue weighted by atomic mass is 32.1. The summed E-state index contributed by atoms with van der Waals surface area (Å²) in [7, 11) is 0. The Morgan fingerprint density at radius 2 is 2.22 bits per heavy atom. The maximum Gasteiger partial charge on any atom is 0.350 e. The molecule has 6 heteroatoms. The molecule has 0 fully saturated rings. The van der Waals surface area contributed by atoms with E-state index >= 15 is 0 Å². The van der Waals surface area contributed by atoms with Crippen LogP contribution in [0.2, 0.25) is 0 Å². The van der Waals surface area contributed by atoms with E-state index in [0.717, 1.165) is 29.1 Å². The van der Waals surface area contributed by atoms with Gasteiger partial charge in [0.1, 0.15) is 11.2 Å². The second kappa shape index (κ2) is 6.75. The SMILES string of the molecule is CCOC(=O)c1sccc1-n1cnc(-c2cccnc2)c1CC. The fraction of sp³-hybridized carbons (Fsp3) is 0.235. The number of carbonyl (C=O) groups excluding carboxylic acids is 1. The summed E-state index contributed by atoms with van der Waals surface area (Å²) >= 11 is 1.38. The number of rotatable bonds is 5. The first-order valence-corrected chi connectivity index (χ1v) is 8.35. The van der Waals surface area contributed by atoms with Gasteiger partial charge in [0.2, 0.25) is 0 Å². The number of pyridine rings is 1. The smallest absolute Gasteiger partial charge is 0.350 e. The van der Waals surface area contributed by atoms with Crippen LogP contribution in [0.4, 0.5) is 0 Å². The molecule has 0 saturated carbocycles. The third-order valence-electron chi connectivity index (χ3n) is 3.50. The third kappa shape index (κ3) is 2.90. The average Bonchev–Trinajstić information content (AvgIpc) is 3.22. The van der Waals surface area contributed by atoms with Gasteiger partial charge in [-0.15, -0.1) is 11.3 Å². The van der Waals surface area contributed by atoms with E-state index in [-0.39, 0.29) is 5.97 Å². The minimum absolute atomic E-state index is 0.295. The first-order chi connectivity index (χ1) is 11.3. The summed E-state index contributed by atoms with van der Waals surface area (Å²) in [5.41, 5.74) is 3.72. The van der Waals surface area contributed by atoms with Gasteiger partial charge in [0.25, 0.3) is 0 Å². The summed E-state index contributed by atoms with van der Waals surface area (Å²) in [6, 6.07) is 5.80. The molecule has 5 nitrogen and oxygen atoms in total. The molecule has 23 heavy (non-hydrogen) atoms. The van der Waals surface area contributed by atoms with Gasteiger partial charge in [0, 0.05) is 18.0 Å². The molecule has 118 valence electrons. The molecule has 3 aromatic heterocycles. The summed E-state index contributed by atoms with van der Waals surface area (Å²) in [5.74, 6) is -0.295. The zero-order chi connectivity index (χ0) is 16.2. The largest absolute Gasteiger partial charge is 0.462 e. The van der Waals surface area contributed by atoms with Crippen LogP contribution in [0.5, 0.6) is 0 Å². The number of hydrogen-bond donors (Lipinski definition) is 0. The van der Waals surface area contributed by atoms with Crippen molar-refractivity contribution in [1.82, 2.24) is 14.5 Å². The average molecular weight is 327 g/mol. The van der Waals surface area contributed by atoms with Gasteiger partial charge < -0.3 is 9.30 Å². The van der Waals surface area contributed by atoms with E-state index < -0.39 is 0 Å². The normalized spacial score (nSPS) is 10.7. The number of thiophene rings is 1. The van der Waals surface area contributed by atoms with E-state index in [2.05, 4.69) is 16.9 Å². The van der Waals surface area contributed by atoms with Crippen molar-refractivity contribution in [2.24, 2.45) is 0 Å². The lowest BCUT2D eigenvalue weighted by molar-refractivity contribution is 0.0532. The number of esters is 1. The highest BCUT2D eigenvalue weighted by molar-refractivity contribution is 7.12.